The lowest BCUT2D eigenvalue weighted by atomic mass is 10.1. The van der Waals surface area contributed by atoms with E-state index in [0.717, 1.165) is 9.87 Å². The van der Waals surface area contributed by atoms with Crippen LogP contribution in [0.15, 0.2) is 65.6 Å². The number of nitrogens with zero attached hydrogens (tertiary/aromatic N) is 2. The quantitative estimate of drug-likeness (QED) is 0.305. The first kappa shape index (κ1) is 30.8. The Kier molecular flexibility index (Phi) is 10.3. The van der Waals surface area contributed by atoms with E-state index in [4.69, 9.17) is 34.8 Å². The number of hydrogen-bond donors (Lipinski definition) is 1. The van der Waals surface area contributed by atoms with Crippen molar-refractivity contribution in [3.8, 4) is 0 Å². The van der Waals surface area contributed by atoms with Gasteiger partial charge in [-0.1, -0.05) is 64.6 Å². The lowest BCUT2D eigenvalue weighted by Crippen LogP contribution is -2.51. The van der Waals surface area contributed by atoms with Gasteiger partial charge < -0.3 is 10.2 Å². The normalized spacial score (nSPS) is 12.1. The molecule has 0 bridgehead atoms. The molecule has 3 aromatic carbocycles. The molecule has 3 rings (SSSR count). The van der Waals surface area contributed by atoms with Crippen LogP contribution >= 0.6 is 34.8 Å². The molecule has 39 heavy (non-hydrogen) atoms. The second-order valence-electron chi connectivity index (χ2n) is 9.05. The summed E-state index contributed by atoms with van der Waals surface area (Å²) < 4.78 is 28.9. The number of rotatable bonds is 10. The average molecular weight is 611 g/mol. The lowest BCUT2D eigenvalue weighted by Gasteiger charge is -2.32. The third-order valence-electron chi connectivity index (χ3n) is 6.24. The van der Waals surface area contributed by atoms with Crippen LogP contribution in [0.25, 0.3) is 0 Å². The Balaban J connectivity index is 2.11. The molecule has 0 aliphatic rings. The molecule has 0 aromatic heterocycles. The van der Waals surface area contributed by atoms with Gasteiger partial charge in [-0.15, -0.1) is 0 Å². The van der Waals surface area contributed by atoms with Crippen molar-refractivity contribution >= 4 is 62.3 Å². The summed E-state index contributed by atoms with van der Waals surface area (Å²) in [5.74, 6) is -1.03. The SMILES string of the molecule is CCNC(=O)[C@@H](C)N(Cc1c(Cl)cccc1Cl)C(=O)CN(c1cc(Cl)ccc1C)S(=O)(=O)c1ccc(C)cc1. The van der Waals surface area contributed by atoms with E-state index in [1.54, 1.807) is 63.2 Å². The Morgan fingerprint density at radius 3 is 2.15 bits per heavy atom. The highest BCUT2D eigenvalue weighted by Crippen LogP contribution is 2.31. The van der Waals surface area contributed by atoms with Crippen LogP contribution in [0.1, 0.15) is 30.5 Å². The fraction of sp³-hybridized carbons (Fsp3) is 0.286. The molecule has 0 aliphatic carbocycles. The van der Waals surface area contributed by atoms with Crippen LogP contribution in [0.2, 0.25) is 15.1 Å². The van der Waals surface area contributed by atoms with Gasteiger partial charge in [0.15, 0.2) is 0 Å². The summed E-state index contributed by atoms with van der Waals surface area (Å²) in [5.41, 5.74) is 2.17. The summed E-state index contributed by atoms with van der Waals surface area (Å²) in [5, 5.41) is 3.65. The second kappa shape index (κ2) is 13.0. The maximum absolute atomic E-state index is 14.0. The highest BCUT2D eigenvalue weighted by Gasteiger charge is 2.33. The van der Waals surface area contributed by atoms with Crippen LogP contribution in [-0.4, -0.2) is 44.3 Å². The molecule has 0 spiro atoms. The first-order chi connectivity index (χ1) is 18.4. The maximum atomic E-state index is 14.0. The van der Waals surface area contributed by atoms with Gasteiger partial charge in [-0.3, -0.25) is 13.9 Å². The lowest BCUT2D eigenvalue weighted by molar-refractivity contribution is -0.139. The largest absolute Gasteiger partial charge is 0.355 e. The van der Waals surface area contributed by atoms with Crippen molar-refractivity contribution in [2.45, 2.75) is 45.2 Å². The highest BCUT2D eigenvalue weighted by molar-refractivity contribution is 7.92. The third kappa shape index (κ3) is 7.25. The number of benzene rings is 3. The molecule has 3 aromatic rings. The molecule has 0 aliphatic heterocycles. The van der Waals surface area contributed by atoms with Gasteiger partial charge in [-0.05, 0) is 69.7 Å². The predicted molar refractivity (Wildman–Crippen MR) is 157 cm³/mol. The van der Waals surface area contributed by atoms with E-state index in [2.05, 4.69) is 5.32 Å². The monoisotopic (exact) mass is 609 g/mol. The summed E-state index contributed by atoms with van der Waals surface area (Å²) in [6, 6.07) is 15.1. The zero-order chi connectivity index (χ0) is 28.9. The van der Waals surface area contributed by atoms with Crippen molar-refractivity contribution in [2.75, 3.05) is 17.4 Å². The van der Waals surface area contributed by atoms with E-state index in [0.29, 0.717) is 32.7 Å². The van der Waals surface area contributed by atoms with Gasteiger partial charge in [0.05, 0.1) is 10.6 Å². The van der Waals surface area contributed by atoms with Crippen molar-refractivity contribution in [1.82, 2.24) is 10.2 Å². The number of aryl methyl sites for hydroxylation is 2. The minimum absolute atomic E-state index is 0.0118. The minimum Gasteiger partial charge on any atom is -0.355 e. The van der Waals surface area contributed by atoms with Crippen LogP contribution in [-0.2, 0) is 26.2 Å². The average Bonchev–Trinajstić information content (AvgIpc) is 2.88. The Hall–Kier alpha value is -2.78. The molecule has 0 saturated carbocycles. The number of likely N-dealkylation sites (N-methyl/N-ethyl adjacent to an activating group) is 1. The van der Waals surface area contributed by atoms with Crippen LogP contribution < -0.4 is 9.62 Å². The van der Waals surface area contributed by atoms with Crippen molar-refractivity contribution in [1.29, 1.82) is 0 Å². The van der Waals surface area contributed by atoms with Crippen LogP contribution in [0, 0.1) is 13.8 Å². The molecular weight excluding hydrogens is 581 g/mol. The summed E-state index contributed by atoms with van der Waals surface area (Å²) in [7, 11) is -4.21. The van der Waals surface area contributed by atoms with Crippen LogP contribution in [0.5, 0.6) is 0 Å². The number of amides is 2. The first-order valence-electron chi connectivity index (χ1n) is 12.2. The Bertz CT molecular complexity index is 1440. The Morgan fingerprint density at radius 1 is 0.949 bits per heavy atom. The molecule has 0 fully saturated rings. The van der Waals surface area contributed by atoms with Gasteiger partial charge in [-0.2, -0.15) is 0 Å². The van der Waals surface area contributed by atoms with Gasteiger partial charge in [0.1, 0.15) is 12.6 Å². The van der Waals surface area contributed by atoms with Crippen molar-refractivity contribution in [3.63, 3.8) is 0 Å². The van der Waals surface area contributed by atoms with Gasteiger partial charge in [-0.25, -0.2) is 8.42 Å². The van der Waals surface area contributed by atoms with E-state index in [1.807, 2.05) is 6.92 Å². The smallest absolute Gasteiger partial charge is 0.264 e. The third-order valence-corrected chi connectivity index (χ3v) is 8.95. The van der Waals surface area contributed by atoms with Gasteiger partial charge in [0, 0.05) is 33.7 Å². The number of nitrogens with one attached hydrogen (secondary N) is 1. The molecule has 7 nitrogen and oxygen atoms in total. The van der Waals surface area contributed by atoms with E-state index < -0.39 is 34.4 Å². The van der Waals surface area contributed by atoms with Gasteiger partial charge in [0.2, 0.25) is 11.8 Å². The summed E-state index contributed by atoms with van der Waals surface area (Å²) in [4.78, 5) is 28.1. The van der Waals surface area contributed by atoms with E-state index >= 15 is 0 Å². The number of carbonyl (C=O) groups excluding carboxylic acids is 2. The molecule has 11 heteroatoms. The topological polar surface area (TPSA) is 86.8 Å². The molecular formula is C28H30Cl3N3O4S. The maximum Gasteiger partial charge on any atom is 0.264 e. The summed E-state index contributed by atoms with van der Waals surface area (Å²) in [6.45, 7) is 6.56. The predicted octanol–water partition coefficient (Wildman–Crippen LogP) is 6.01. The molecule has 208 valence electrons. The molecule has 0 heterocycles. The highest BCUT2D eigenvalue weighted by atomic mass is 35.5. The molecule has 1 N–H and O–H groups in total. The van der Waals surface area contributed by atoms with Crippen molar-refractivity contribution in [2.24, 2.45) is 0 Å². The minimum atomic E-state index is -4.21. The summed E-state index contributed by atoms with van der Waals surface area (Å²) >= 11 is 19.0. The van der Waals surface area contributed by atoms with Crippen molar-refractivity contribution < 1.29 is 18.0 Å². The molecule has 0 saturated heterocycles. The van der Waals surface area contributed by atoms with Crippen LogP contribution in [0.3, 0.4) is 0 Å². The summed E-state index contributed by atoms with van der Waals surface area (Å²) in [6.07, 6.45) is 0. The molecule has 0 unspecified atom stereocenters. The number of anilines is 1. The van der Waals surface area contributed by atoms with E-state index in [-0.39, 0.29) is 17.1 Å². The van der Waals surface area contributed by atoms with E-state index in [9.17, 15) is 18.0 Å². The fourth-order valence-corrected chi connectivity index (χ4v) is 6.11. The second-order valence-corrected chi connectivity index (χ2v) is 12.2. The van der Waals surface area contributed by atoms with Gasteiger partial charge >= 0.3 is 0 Å². The fourth-order valence-electron chi connectivity index (χ4n) is 3.96. The van der Waals surface area contributed by atoms with Crippen LogP contribution in [0.4, 0.5) is 5.69 Å². The van der Waals surface area contributed by atoms with E-state index in [1.165, 1.54) is 23.1 Å². The number of carbonyl (C=O) groups is 2. The zero-order valence-corrected chi connectivity index (χ0v) is 25.1. The Morgan fingerprint density at radius 2 is 1.56 bits per heavy atom. The van der Waals surface area contributed by atoms with Gasteiger partial charge in [0.25, 0.3) is 10.0 Å². The Labute approximate surface area is 244 Å². The number of hydrogen-bond acceptors (Lipinski definition) is 4. The molecule has 0 radical (unpaired) electrons. The first-order valence-corrected chi connectivity index (χ1v) is 14.8. The molecule has 2 amide bonds. The number of sulfonamides is 1. The van der Waals surface area contributed by atoms with Crippen molar-refractivity contribution in [3.05, 3.63) is 92.4 Å². The molecule has 1 atom stereocenters. The zero-order valence-electron chi connectivity index (χ0n) is 22.0. The standard InChI is InChI=1S/C28H30Cl3N3O4S/c1-5-32-28(36)20(4)33(16-23-24(30)7-6-8-25(23)31)27(35)17-34(26-15-21(29)12-11-19(26)3)39(37,38)22-13-9-18(2)10-14-22/h6-15,20H,5,16-17H2,1-4H3,(H,32,36)/t20-/m1/s1. The number of halogens is 3.